The van der Waals surface area contributed by atoms with Gasteiger partial charge in [0.25, 0.3) is 0 Å². The summed E-state index contributed by atoms with van der Waals surface area (Å²) in [5.41, 5.74) is 5.02. The Morgan fingerprint density at radius 2 is 2.17 bits per heavy atom. The van der Waals surface area contributed by atoms with Crippen molar-refractivity contribution in [2.75, 3.05) is 13.2 Å². The molecule has 1 rings (SSSR count). The summed E-state index contributed by atoms with van der Waals surface area (Å²) < 4.78 is 5.21. The normalized spacial score (nSPS) is 21.8. The monoisotopic (exact) mass is 172 g/mol. The summed E-state index contributed by atoms with van der Waals surface area (Å²) in [4.78, 5) is 10.5. The van der Waals surface area contributed by atoms with Gasteiger partial charge in [0.05, 0.1) is 0 Å². The third-order valence-electron chi connectivity index (χ3n) is 2.34. The number of rotatable bonds is 2. The molecule has 1 heterocycles. The van der Waals surface area contributed by atoms with Crippen LogP contribution in [0.5, 0.6) is 0 Å². The van der Waals surface area contributed by atoms with E-state index in [0.717, 1.165) is 26.1 Å². The molecule has 0 bridgehead atoms. The molecule has 3 N–H and O–H groups in total. The number of carbonyl (C=O) groups excluding carboxylic acids is 1. The van der Waals surface area contributed by atoms with Gasteiger partial charge < -0.3 is 15.8 Å². The first-order valence-corrected chi connectivity index (χ1v) is 4.34. The van der Waals surface area contributed by atoms with E-state index in [4.69, 9.17) is 10.5 Å². The summed E-state index contributed by atoms with van der Waals surface area (Å²) in [6.07, 6.45) is 2.03. The van der Waals surface area contributed by atoms with Gasteiger partial charge in [0.1, 0.15) is 0 Å². The molecule has 1 aliphatic rings. The Kier molecular flexibility index (Phi) is 3.34. The fraction of sp³-hybridized carbons (Fsp3) is 0.875. The highest BCUT2D eigenvalue weighted by Crippen LogP contribution is 2.18. The van der Waals surface area contributed by atoms with Crippen LogP contribution >= 0.6 is 0 Å². The van der Waals surface area contributed by atoms with Gasteiger partial charge in [0.15, 0.2) is 0 Å². The lowest BCUT2D eigenvalue weighted by Gasteiger charge is -2.27. The molecule has 0 radical (unpaired) electrons. The minimum Gasteiger partial charge on any atom is -0.381 e. The Morgan fingerprint density at radius 3 is 2.67 bits per heavy atom. The van der Waals surface area contributed by atoms with Gasteiger partial charge >= 0.3 is 6.03 Å². The van der Waals surface area contributed by atoms with Crippen molar-refractivity contribution in [2.45, 2.75) is 25.8 Å². The van der Waals surface area contributed by atoms with Gasteiger partial charge in [-0.15, -0.1) is 0 Å². The van der Waals surface area contributed by atoms with Gasteiger partial charge in [-0.2, -0.15) is 0 Å². The van der Waals surface area contributed by atoms with Crippen LogP contribution < -0.4 is 11.1 Å². The predicted octanol–water partition coefficient (Wildman–Crippen LogP) is 0.470. The second-order valence-electron chi connectivity index (χ2n) is 3.25. The zero-order chi connectivity index (χ0) is 8.97. The number of urea groups is 1. The number of amides is 2. The Labute approximate surface area is 72.5 Å². The summed E-state index contributed by atoms with van der Waals surface area (Å²) in [6.45, 7) is 3.59. The van der Waals surface area contributed by atoms with E-state index in [0.29, 0.717) is 5.92 Å². The van der Waals surface area contributed by atoms with Crippen LogP contribution in [0.25, 0.3) is 0 Å². The van der Waals surface area contributed by atoms with E-state index in [1.807, 2.05) is 6.92 Å². The minimum atomic E-state index is -0.436. The number of hydrogen-bond donors (Lipinski definition) is 2. The summed E-state index contributed by atoms with van der Waals surface area (Å²) in [5, 5.41) is 2.70. The molecule has 1 unspecified atom stereocenters. The van der Waals surface area contributed by atoms with E-state index in [1.165, 1.54) is 0 Å². The molecule has 4 heteroatoms. The summed E-state index contributed by atoms with van der Waals surface area (Å²) in [7, 11) is 0. The van der Waals surface area contributed by atoms with E-state index in [2.05, 4.69) is 5.32 Å². The molecule has 0 aromatic rings. The standard InChI is InChI=1S/C8H16N2O2/c1-6(10-8(9)11)7-2-4-12-5-3-7/h6-7H,2-5H2,1H3,(H3,9,10,11). The van der Waals surface area contributed by atoms with E-state index in [1.54, 1.807) is 0 Å². The number of hydrogen-bond acceptors (Lipinski definition) is 2. The van der Waals surface area contributed by atoms with Gasteiger partial charge in [-0.25, -0.2) is 4.79 Å². The van der Waals surface area contributed by atoms with E-state index < -0.39 is 6.03 Å². The molecular formula is C8H16N2O2. The molecule has 0 aromatic carbocycles. The van der Waals surface area contributed by atoms with E-state index in [-0.39, 0.29) is 6.04 Å². The zero-order valence-corrected chi connectivity index (χ0v) is 7.38. The Hall–Kier alpha value is -0.770. The second kappa shape index (κ2) is 4.30. The molecule has 4 nitrogen and oxygen atoms in total. The molecule has 0 aromatic heterocycles. The lowest BCUT2D eigenvalue weighted by molar-refractivity contribution is 0.0572. The van der Waals surface area contributed by atoms with Gasteiger partial charge in [-0.05, 0) is 25.7 Å². The molecule has 0 saturated carbocycles. The van der Waals surface area contributed by atoms with Gasteiger partial charge in [-0.3, -0.25) is 0 Å². The fourth-order valence-corrected chi connectivity index (χ4v) is 1.56. The number of primary amides is 1. The molecule has 70 valence electrons. The predicted molar refractivity (Wildman–Crippen MR) is 45.7 cm³/mol. The average molecular weight is 172 g/mol. The molecule has 2 amide bonds. The quantitative estimate of drug-likeness (QED) is 0.636. The SMILES string of the molecule is CC(NC(N)=O)C1CCOCC1. The first-order chi connectivity index (χ1) is 5.70. The van der Waals surface area contributed by atoms with Crippen molar-refractivity contribution < 1.29 is 9.53 Å². The lowest BCUT2D eigenvalue weighted by Crippen LogP contribution is -2.42. The maximum Gasteiger partial charge on any atom is 0.312 e. The molecule has 1 aliphatic heterocycles. The smallest absolute Gasteiger partial charge is 0.312 e. The van der Waals surface area contributed by atoms with Crippen molar-refractivity contribution in [2.24, 2.45) is 11.7 Å². The van der Waals surface area contributed by atoms with Gasteiger partial charge in [-0.1, -0.05) is 0 Å². The van der Waals surface area contributed by atoms with Gasteiger partial charge in [0, 0.05) is 19.3 Å². The van der Waals surface area contributed by atoms with Crippen molar-refractivity contribution in [3.05, 3.63) is 0 Å². The Bertz CT molecular complexity index is 155. The molecular weight excluding hydrogens is 156 g/mol. The van der Waals surface area contributed by atoms with Crippen LogP contribution in [0.1, 0.15) is 19.8 Å². The third kappa shape index (κ3) is 2.70. The van der Waals surface area contributed by atoms with Gasteiger partial charge in [0.2, 0.25) is 0 Å². The van der Waals surface area contributed by atoms with E-state index >= 15 is 0 Å². The fourth-order valence-electron chi connectivity index (χ4n) is 1.56. The number of ether oxygens (including phenoxy) is 1. The summed E-state index contributed by atoms with van der Waals surface area (Å²) in [5.74, 6) is 0.520. The average Bonchev–Trinajstić information content (AvgIpc) is 2.05. The third-order valence-corrected chi connectivity index (χ3v) is 2.34. The molecule has 0 spiro atoms. The van der Waals surface area contributed by atoms with Crippen LogP contribution in [-0.4, -0.2) is 25.3 Å². The maximum atomic E-state index is 10.5. The largest absolute Gasteiger partial charge is 0.381 e. The molecule has 12 heavy (non-hydrogen) atoms. The highest BCUT2D eigenvalue weighted by Gasteiger charge is 2.20. The van der Waals surface area contributed by atoms with Crippen LogP contribution in [0.2, 0.25) is 0 Å². The van der Waals surface area contributed by atoms with Crippen molar-refractivity contribution >= 4 is 6.03 Å². The maximum absolute atomic E-state index is 10.5. The topological polar surface area (TPSA) is 64.3 Å². The van der Waals surface area contributed by atoms with Crippen molar-refractivity contribution in [1.29, 1.82) is 0 Å². The summed E-state index contributed by atoms with van der Waals surface area (Å²) in [6, 6.07) is -0.264. The van der Waals surface area contributed by atoms with Crippen LogP contribution in [0, 0.1) is 5.92 Å². The molecule has 1 fully saturated rings. The van der Waals surface area contributed by atoms with Crippen LogP contribution in [-0.2, 0) is 4.74 Å². The van der Waals surface area contributed by atoms with Crippen molar-refractivity contribution in [1.82, 2.24) is 5.32 Å². The van der Waals surface area contributed by atoms with Crippen LogP contribution in [0.4, 0.5) is 4.79 Å². The highest BCUT2D eigenvalue weighted by atomic mass is 16.5. The first kappa shape index (κ1) is 9.32. The Balaban J connectivity index is 2.29. The number of nitrogens with two attached hydrogens (primary N) is 1. The molecule has 1 atom stereocenters. The molecule has 1 saturated heterocycles. The van der Waals surface area contributed by atoms with E-state index in [9.17, 15) is 4.79 Å². The Morgan fingerprint density at radius 1 is 1.58 bits per heavy atom. The minimum absolute atomic E-state index is 0.173. The first-order valence-electron chi connectivity index (χ1n) is 4.34. The molecule has 0 aliphatic carbocycles. The second-order valence-corrected chi connectivity index (χ2v) is 3.25. The number of carbonyl (C=O) groups is 1. The number of nitrogens with one attached hydrogen (secondary N) is 1. The van der Waals surface area contributed by atoms with Crippen LogP contribution in [0.15, 0.2) is 0 Å². The zero-order valence-electron chi connectivity index (χ0n) is 7.38. The van der Waals surface area contributed by atoms with Crippen molar-refractivity contribution in [3.8, 4) is 0 Å². The lowest BCUT2D eigenvalue weighted by atomic mass is 9.93. The highest BCUT2D eigenvalue weighted by molar-refractivity contribution is 5.71. The summed E-state index contributed by atoms with van der Waals surface area (Å²) >= 11 is 0. The van der Waals surface area contributed by atoms with Crippen molar-refractivity contribution in [3.63, 3.8) is 0 Å². The van der Waals surface area contributed by atoms with Crippen LogP contribution in [0.3, 0.4) is 0 Å².